The molecule has 0 radical (unpaired) electrons. The lowest BCUT2D eigenvalue weighted by Gasteiger charge is -2.12. The fourth-order valence-corrected chi connectivity index (χ4v) is 2.01. The number of hydrogen-bond donors (Lipinski definition) is 1. The first-order valence-corrected chi connectivity index (χ1v) is 7.11. The van der Waals surface area contributed by atoms with Gasteiger partial charge in [-0.05, 0) is 37.3 Å². The number of carbonyl (C=O) groups is 1. The molecule has 2 aromatic carbocycles. The smallest absolute Gasteiger partial charge is 0.312 e. The van der Waals surface area contributed by atoms with E-state index in [4.69, 9.17) is 9.47 Å². The van der Waals surface area contributed by atoms with Gasteiger partial charge in [0.2, 0.25) is 0 Å². The normalized spacial score (nSPS) is 11.8. The number of esters is 1. The molecule has 0 amide bonds. The molecule has 0 unspecified atom stereocenters. The lowest BCUT2D eigenvalue weighted by Crippen LogP contribution is -2.54. The van der Waals surface area contributed by atoms with Crippen LogP contribution in [0.4, 0.5) is 4.39 Å². The van der Waals surface area contributed by atoms with Gasteiger partial charge in [0, 0.05) is 5.56 Å². The number of quaternary nitrogens is 1. The molecule has 2 aromatic rings. The zero-order chi connectivity index (χ0) is 15.9. The van der Waals surface area contributed by atoms with E-state index < -0.39 is 5.82 Å². The molecular weight excluding hydrogens is 285 g/mol. The van der Waals surface area contributed by atoms with Crippen molar-refractivity contribution in [3.05, 3.63) is 59.9 Å². The number of halogens is 1. The van der Waals surface area contributed by atoms with Gasteiger partial charge in [-0.2, -0.15) is 0 Å². The SMILES string of the molecule is CCOC(=O)C[C@H]([NH3+])c1ccc(F)c(Oc2ccccc2)c1. The van der Waals surface area contributed by atoms with Crippen molar-refractivity contribution in [3.63, 3.8) is 0 Å². The topological polar surface area (TPSA) is 63.2 Å². The molecule has 0 aliphatic heterocycles. The van der Waals surface area contributed by atoms with Crippen LogP contribution >= 0.6 is 0 Å². The maximum atomic E-state index is 13.9. The molecule has 5 heteroatoms. The minimum absolute atomic E-state index is 0.112. The van der Waals surface area contributed by atoms with E-state index in [9.17, 15) is 9.18 Å². The molecule has 4 nitrogen and oxygen atoms in total. The Balaban J connectivity index is 2.14. The minimum Gasteiger partial charge on any atom is -0.466 e. The van der Waals surface area contributed by atoms with Crippen molar-refractivity contribution in [3.8, 4) is 11.5 Å². The average Bonchev–Trinajstić information content (AvgIpc) is 2.50. The quantitative estimate of drug-likeness (QED) is 0.835. The van der Waals surface area contributed by atoms with Gasteiger partial charge in [0.05, 0.1) is 6.61 Å². The fourth-order valence-electron chi connectivity index (χ4n) is 2.01. The van der Waals surface area contributed by atoms with Gasteiger partial charge in [-0.15, -0.1) is 0 Å². The Hall–Kier alpha value is -2.40. The molecule has 0 heterocycles. The lowest BCUT2D eigenvalue weighted by molar-refractivity contribution is -0.425. The average molecular weight is 304 g/mol. The van der Waals surface area contributed by atoms with Gasteiger partial charge in [0.1, 0.15) is 18.2 Å². The van der Waals surface area contributed by atoms with Crippen molar-refractivity contribution in [2.24, 2.45) is 0 Å². The zero-order valence-corrected chi connectivity index (χ0v) is 12.4. The Bertz CT molecular complexity index is 631. The van der Waals surface area contributed by atoms with E-state index in [1.165, 1.54) is 6.07 Å². The van der Waals surface area contributed by atoms with E-state index in [1.807, 2.05) is 18.2 Å². The molecule has 0 spiro atoms. The first-order valence-electron chi connectivity index (χ1n) is 7.11. The number of para-hydroxylation sites is 1. The highest BCUT2D eigenvalue weighted by atomic mass is 19.1. The molecular formula is C17H19FNO3+. The van der Waals surface area contributed by atoms with Crippen molar-refractivity contribution in [2.45, 2.75) is 19.4 Å². The summed E-state index contributed by atoms with van der Waals surface area (Å²) in [5.74, 6) is -0.126. The molecule has 0 saturated carbocycles. The first-order chi connectivity index (χ1) is 10.6. The number of carbonyl (C=O) groups excluding carboxylic acids is 1. The summed E-state index contributed by atoms with van der Waals surface area (Å²) in [7, 11) is 0. The van der Waals surface area contributed by atoms with Crippen molar-refractivity contribution < 1.29 is 24.4 Å². The highest BCUT2D eigenvalue weighted by molar-refractivity contribution is 5.70. The summed E-state index contributed by atoms with van der Waals surface area (Å²) >= 11 is 0. The molecule has 0 aliphatic rings. The van der Waals surface area contributed by atoms with Crippen molar-refractivity contribution in [1.82, 2.24) is 0 Å². The number of hydrogen-bond acceptors (Lipinski definition) is 3. The molecule has 116 valence electrons. The van der Waals surface area contributed by atoms with Crippen LogP contribution in [0.25, 0.3) is 0 Å². The molecule has 1 atom stereocenters. The lowest BCUT2D eigenvalue weighted by atomic mass is 10.0. The summed E-state index contributed by atoms with van der Waals surface area (Å²) in [6.45, 7) is 2.08. The summed E-state index contributed by atoms with van der Waals surface area (Å²) in [5, 5.41) is 0. The van der Waals surface area contributed by atoms with Gasteiger partial charge in [-0.25, -0.2) is 4.39 Å². The van der Waals surface area contributed by atoms with Crippen LogP contribution < -0.4 is 10.5 Å². The van der Waals surface area contributed by atoms with Crippen LogP contribution in [0.1, 0.15) is 24.9 Å². The van der Waals surface area contributed by atoms with Crippen LogP contribution in [0.5, 0.6) is 11.5 Å². The third-order valence-electron chi connectivity index (χ3n) is 3.12. The highest BCUT2D eigenvalue weighted by Gasteiger charge is 2.18. The van der Waals surface area contributed by atoms with Crippen LogP contribution in [0.2, 0.25) is 0 Å². The maximum Gasteiger partial charge on any atom is 0.312 e. The third-order valence-corrected chi connectivity index (χ3v) is 3.12. The van der Waals surface area contributed by atoms with Crippen molar-refractivity contribution >= 4 is 5.97 Å². The predicted molar refractivity (Wildman–Crippen MR) is 79.8 cm³/mol. The molecule has 3 N–H and O–H groups in total. The third kappa shape index (κ3) is 4.30. The zero-order valence-electron chi connectivity index (χ0n) is 12.4. The van der Waals surface area contributed by atoms with Crippen LogP contribution in [-0.2, 0) is 9.53 Å². The second kappa shape index (κ2) is 7.56. The van der Waals surface area contributed by atoms with E-state index >= 15 is 0 Å². The number of rotatable bonds is 6. The van der Waals surface area contributed by atoms with Crippen LogP contribution in [-0.4, -0.2) is 12.6 Å². The highest BCUT2D eigenvalue weighted by Crippen LogP contribution is 2.27. The Morgan fingerprint density at radius 2 is 1.95 bits per heavy atom. The standard InChI is InChI=1S/C17H18FNO3/c1-2-21-17(20)11-15(19)12-8-9-14(18)16(10-12)22-13-6-4-3-5-7-13/h3-10,15H,2,11,19H2,1H3/p+1/t15-/m0/s1. The van der Waals surface area contributed by atoms with Gasteiger partial charge in [-0.3, -0.25) is 4.79 Å². The van der Waals surface area contributed by atoms with Gasteiger partial charge in [0.25, 0.3) is 0 Å². The second-order valence-corrected chi connectivity index (χ2v) is 4.81. The summed E-state index contributed by atoms with van der Waals surface area (Å²) in [6, 6.07) is 13.1. The Morgan fingerprint density at radius 1 is 1.23 bits per heavy atom. The molecule has 0 aliphatic carbocycles. The Kier molecular flexibility index (Phi) is 5.49. The molecule has 0 aromatic heterocycles. The molecule has 0 fully saturated rings. The summed E-state index contributed by atoms with van der Waals surface area (Å²) in [5.41, 5.74) is 4.65. The second-order valence-electron chi connectivity index (χ2n) is 4.81. The van der Waals surface area contributed by atoms with E-state index in [2.05, 4.69) is 5.73 Å². The van der Waals surface area contributed by atoms with Gasteiger partial charge >= 0.3 is 5.97 Å². The van der Waals surface area contributed by atoms with E-state index in [1.54, 1.807) is 31.2 Å². The largest absolute Gasteiger partial charge is 0.466 e. The van der Waals surface area contributed by atoms with Crippen LogP contribution in [0, 0.1) is 5.82 Å². The molecule has 2 rings (SSSR count). The monoisotopic (exact) mass is 304 g/mol. The first kappa shape index (κ1) is 16.0. The van der Waals surface area contributed by atoms with Crippen LogP contribution in [0.3, 0.4) is 0 Å². The maximum absolute atomic E-state index is 13.9. The summed E-state index contributed by atoms with van der Waals surface area (Å²) < 4.78 is 24.3. The molecule has 0 bridgehead atoms. The summed E-state index contributed by atoms with van der Waals surface area (Å²) in [6.07, 6.45) is 0.143. The van der Waals surface area contributed by atoms with E-state index in [0.717, 1.165) is 5.56 Å². The van der Waals surface area contributed by atoms with Gasteiger partial charge < -0.3 is 15.2 Å². The molecule has 0 saturated heterocycles. The molecule has 22 heavy (non-hydrogen) atoms. The van der Waals surface area contributed by atoms with Crippen molar-refractivity contribution in [2.75, 3.05) is 6.61 Å². The Labute approximate surface area is 128 Å². The fraction of sp³-hybridized carbons (Fsp3) is 0.235. The predicted octanol–water partition coefficient (Wildman–Crippen LogP) is 2.85. The number of ether oxygens (including phenoxy) is 2. The van der Waals surface area contributed by atoms with Gasteiger partial charge in [0.15, 0.2) is 11.6 Å². The Morgan fingerprint density at radius 3 is 2.64 bits per heavy atom. The van der Waals surface area contributed by atoms with E-state index in [0.29, 0.717) is 12.4 Å². The number of benzene rings is 2. The summed E-state index contributed by atoms with van der Waals surface area (Å²) in [4.78, 5) is 11.5. The van der Waals surface area contributed by atoms with Gasteiger partial charge in [-0.1, -0.05) is 18.2 Å². The van der Waals surface area contributed by atoms with Crippen molar-refractivity contribution in [1.29, 1.82) is 0 Å². The minimum atomic E-state index is -0.462. The van der Waals surface area contributed by atoms with E-state index in [-0.39, 0.29) is 24.2 Å². The van der Waals surface area contributed by atoms with Crippen LogP contribution in [0.15, 0.2) is 48.5 Å².